The second-order valence-electron chi connectivity index (χ2n) is 5.32. The van der Waals surface area contributed by atoms with Crippen molar-refractivity contribution in [3.8, 4) is 0 Å². The number of nitrogens with zero attached hydrogens (tertiary/aromatic N) is 1. The number of rotatable bonds is 2. The molecule has 1 saturated heterocycles. The molecule has 0 aliphatic carbocycles. The van der Waals surface area contributed by atoms with Crippen LogP contribution in [0, 0.1) is 0 Å². The summed E-state index contributed by atoms with van der Waals surface area (Å²) < 4.78 is 10.2. The molecule has 0 bridgehead atoms. The Morgan fingerprint density at radius 3 is 2.50 bits per heavy atom. The first-order valence-electron chi connectivity index (χ1n) is 6.18. The van der Waals surface area contributed by atoms with Gasteiger partial charge in [-0.05, 0) is 34.1 Å². The van der Waals surface area contributed by atoms with E-state index in [1.807, 2.05) is 0 Å². The smallest absolute Gasteiger partial charge is 0.411 e. The fraction of sp³-hybridized carbons (Fsp3) is 0.833. The highest BCUT2D eigenvalue weighted by Gasteiger charge is 2.42. The largest absolute Gasteiger partial charge is 0.464 e. The number of carbonyl (C=O) groups is 2. The lowest BCUT2D eigenvalue weighted by atomic mass is 10.1. The number of ether oxygens (including phenoxy) is 2. The molecule has 0 saturated carbocycles. The average Bonchev–Trinajstić information content (AvgIpc) is 2.58. The van der Waals surface area contributed by atoms with Gasteiger partial charge < -0.3 is 15.2 Å². The van der Waals surface area contributed by atoms with Crippen molar-refractivity contribution in [2.75, 3.05) is 13.2 Å². The van der Waals surface area contributed by atoms with Crippen LogP contribution in [-0.4, -0.2) is 47.8 Å². The van der Waals surface area contributed by atoms with Crippen LogP contribution < -0.4 is 5.73 Å². The topological polar surface area (TPSA) is 81.9 Å². The van der Waals surface area contributed by atoms with Crippen molar-refractivity contribution in [3.05, 3.63) is 0 Å². The number of amides is 1. The minimum atomic E-state index is -0.736. The summed E-state index contributed by atoms with van der Waals surface area (Å²) in [4.78, 5) is 25.1. The third-order valence-electron chi connectivity index (χ3n) is 2.60. The molecule has 104 valence electrons. The van der Waals surface area contributed by atoms with Crippen LogP contribution in [0.15, 0.2) is 0 Å². The fourth-order valence-corrected chi connectivity index (χ4v) is 1.87. The Morgan fingerprint density at radius 1 is 1.39 bits per heavy atom. The van der Waals surface area contributed by atoms with E-state index in [1.165, 1.54) is 4.90 Å². The summed E-state index contributed by atoms with van der Waals surface area (Å²) in [6.07, 6.45) is 0.0522. The van der Waals surface area contributed by atoms with Gasteiger partial charge in [0.2, 0.25) is 0 Å². The van der Waals surface area contributed by atoms with Crippen molar-refractivity contribution in [2.45, 2.75) is 51.8 Å². The van der Waals surface area contributed by atoms with Crippen LogP contribution >= 0.6 is 0 Å². The molecule has 1 rings (SSSR count). The molecule has 0 unspecified atom stereocenters. The van der Waals surface area contributed by atoms with E-state index in [-0.39, 0.29) is 6.61 Å². The lowest BCUT2D eigenvalue weighted by molar-refractivity contribution is -0.148. The molecule has 0 aromatic carbocycles. The zero-order valence-corrected chi connectivity index (χ0v) is 11.4. The predicted molar refractivity (Wildman–Crippen MR) is 66.0 cm³/mol. The number of carbonyl (C=O) groups excluding carboxylic acids is 2. The monoisotopic (exact) mass is 258 g/mol. The summed E-state index contributed by atoms with van der Waals surface area (Å²) in [6, 6.07) is -1.13. The second kappa shape index (κ2) is 5.56. The molecule has 6 nitrogen and oxygen atoms in total. The molecule has 0 radical (unpaired) electrons. The van der Waals surface area contributed by atoms with E-state index in [2.05, 4.69) is 0 Å². The number of hydrogen-bond acceptors (Lipinski definition) is 5. The van der Waals surface area contributed by atoms with E-state index >= 15 is 0 Å². The molecular formula is C12H22N2O4. The van der Waals surface area contributed by atoms with Gasteiger partial charge in [0, 0.05) is 12.6 Å². The molecule has 1 amide bonds. The summed E-state index contributed by atoms with van der Waals surface area (Å²) in [7, 11) is 0. The quantitative estimate of drug-likeness (QED) is 0.744. The van der Waals surface area contributed by atoms with E-state index in [0.29, 0.717) is 13.0 Å². The van der Waals surface area contributed by atoms with Gasteiger partial charge in [0.15, 0.2) is 0 Å². The van der Waals surface area contributed by atoms with E-state index in [0.717, 1.165) is 0 Å². The molecule has 6 heteroatoms. The van der Waals surface area contributed by atoms with Crippen LogP contribution in [0.5, 0.6) is 0 Å². The van der Waals surface area contributed by atoms with E-state index in [1.54, 1.807) is 27.7 Å². The number of esters is 1. The predicted octanol–water partition coefficient (Wildman–Crippen LogP) is 0.886. The maximum atomic E-state index is 12.0. The lowest BCUT2D eigenvalue weighted by Gasteiger charge is -2.28. The Balaban J connectivity index is 2.74. The van der Waals surface area contributed by atoms with Crippen LogP contribution in [0.4, 0.5) is 4.79 Å². The van der Waals surface area contributed by atoms with Gasteiger partial charge in [0.25, 0.3) is 0 Å². The molecule has 0 aromatic rings. The fourth-order valence-electron chi connectivity index (χ4n) is 1.87. The SMILES string of the molecule is CCOC(=O)[C@H]1[C@@H](N)CCN1C(=O)OC(C)(C)C. The van der Waals surface area contributed by atoms with Gasteiger partial charge >= 0.3 is 12.1 Å². The molecule has 1 aliphatic heterocycles. The highest BCUT2D eigenvalue weighted by atomic mass is 16.6. The third-order valence-corrected chi connectivity index (χ3v) is 2.60. The van der Waals surface area contributed by atoms with Crippen LogP contribution in [0.2, 0.25) is 0 Å². The van der Waals surface area contributed by atoms with Gasteiger partial charge in [-0.25, -0.2) is 9.59 Å². The van der Waals surface area contributed by atoms with Crippen molar-refractivity contribution < 1.29 is 19.1 Å². The maximum Gasteiger partial charge on any atom is 0.411 e. The van der Waals surface area contributed by atoms with Crippen LogP contribution in [0.25, 0.3) is 0 Å². The van der Waals surface area contributed by atoms with Crippen molar-refractivity contribution >= 4 is 12.1 Å². The zero-order valence-electron chi connectivity index (χ0n) is 11.4. The van der Waals surface area contributed by atoms with Crippen LogP contribution in [-0.2, 0) is 14.3 Å². The summed E-state index contributed by atoms with van der Waals surface area (Å²) in [5.41, 5.74) is 5.26. The third kappa shape index (κ3) is 3.60. The average molecular weight is 258 g/mol. The highest BCUT2D eigenvalue weighted by Crippen LogP contribution is 2.21. The van der Waals surface area contributed by atoms with Gasteiger partial charge in [-0.2, -0.15) is 0 Å². The molecule has 2 N–H and O–H groups in total. The Kier molecular flexibility index (Phi) is 4.56. The van der Waals surface area contributed by atoms with Gasteiger partial charge in [0.1, 0.15) is 11.6 Å². The summed E-state index contributed by atoms with van der Waals surface area (Å²) >= 11 is 0. The van der Waals surface area contributed by atoms with Crippen LogP contribution in [0.1, 0.15) is 34.1 Å². The van der Waals surface area contributed by atoms with Gasteiger partial charge in [-0.1, -0.05) is 0 Å². The summed E-state index contributed by atoms with van der Waals surface area (Å²) in [5.74, 6) is -0.464. The molecule has 1 heterocycles. The molecule has 1 aliphatic rings. The molecule has 0 spiro atoms. The van der Waals surface area contributed by atoms with Crippen molar-refractivity contribution in [2.24, 2.45) is 5.73 Å². The van der Waals surface area contributed by atoms with Crippen LogP contribution in [0.3, 0.4) is 0 Å². The number of likely N-dealkylation sites (tertiary alicyclic amines) is 1. The van der Waals surface area contributed by atoms with E-state index < -0.39 is 29.7 Å². The van der Waals surface area contributed by atoms with Crippen molar-refractivity contribution in [1.82, 2.24) is 4.90 Å². The Bertz CT molecular complexity index is 325. The summed E-state index contributed by atoms with van der Waals surface area (Å²) in [5, 5.41) is 0. The van der Waals surface area contributed by atoms with E-state index in [4.69, 9.17) is 15.2 Å². The second-order valence-corrected chi connectivity index (χ2v) is 5.32. The summed E-state index contributed by atoms with van der Waals surface area (Å²) in [6.45, 7) is 7.74. The molecule has 2 atom stereocenters. The van der Waals surface area contributed by atoms with Crippen molar-refractivity contribution in [1.29, 1.82) is 0 Å². The van der Waals surface area contributed by atoms with E-state index in [9.17, 15) is 9.59 Å². The standard InChI is InChI=1S/C12H22N2O4/c1-5-17-10(15)9-8(13)6-7-14(9)11(16)18-12(2,3)4/h8-9H,5-7,13H2,1-4H3/t8-,9+/m0/s1. The normalized spacial score (nSPS) is 23.9. The van der Waals surface area contributed by atoms with Gasteiger partial charge in [-0.3, -0.25) is 4.90 Å². The van der Waals surface area contributed by atoms with Crippen molar-refractivity contribution in [3.63, 3.8) is 0 Å². The zero-order chi connectivity index (χ0) is 13.9. The first-order valence-corrected chi connectivity index (χ1v) is 6.18. The lowest BCUT2D eigenvalue weighted by Crippen LogP contribution is -2.50. The molecule has 0 aromatic heterocycles. The molecular weight excluding hydrogens is 236 g/mol. The minimum absolute atomic E-state index is 0.268. The highest BCUT2D eigenvalue weighted by molar-refractivity contribution is 5.83. The van der Waals surface area contributed by atoms with Gasteiger partial charge in [-0.15, -0.1) is 0 Å². The Labute approximate surface area is 107 Å². The first kappa shape index (κ1) is 14.8. The first-order chi connectivity index (χ1) is 8.26. The Hall–Kier alpha value is -1.30. The Morgan fingerprint density at radius 2 is 2.00 bits per heavy atom. The molecule has 18 heavy (non-hydrogen) atoms. The number of hydrogen-bond donors (Lipinski definition) is 1. The number of nitrogens with two attached hydrogens (primary N) is 1. The maximum absolute atomic E-state index is 12.0. The minimum Gasteiger partial charge on any atom is -0.464 e. The van der Waals surface area contributed by atoms with Gasteiger partial charge in [0.05, 0.1) is 6.61 Å². The molecule has 1 fully saturated rings.